The van der Waals surface area contributed by atoms with E-state index in [0.717, 1.165) is 18.4 Å². The topological polar surface area (TPSA) is 20.3 Å². The molecule has 2 atom stereocenters. The Bertz CT molecular complexity index is 473. The summed E-state index contributed by atoms with van der Waals surface area (Å²) in [6, 6.07) is 8.18. The van der Waals surface area contributed by atoms with E-state index in [0.29, 0.717) is 17.1 Å². The highest BCUT2D eigenvalue weighted by atomic mass is 35.5. The lowest BCUT2D eigenvalue weighted by atomic mass is 9.97. The fourth-order valence-electron chi connectivity index (χ4n) is 2.72. The van der Waals surface area contributed by atoms with Gasteiger partial charge in [0.1, 0.15) is 0 Å². The van der Waals surface area contributed by atoms with Crippen molar-refractivity contribution in [3.05, 3.63) is 40.9 Å². The average Bonchev–Trinajstić information content (AvgIpc) is 2.36. The van der Waals surface area contributed by atoms with Crippen molar-refractivity contribution in [1.29, 1.82) is 0 Å². The van der Waals surface area contributed by atoms with E-state index in [1.54, 1.807) is 6.08 Å². The van der Waals surface area contributed by atoms with Gasteiger partial charge in [-0.1, -0.05) is 23.7 Å². The van der Waals surface area contributed by atoms with Crippen LogP contribution >= 0.6 is 11.6 Å². The van der Waals surface area contributed by atoms with Crippen LogP contribution in [0.15, 0.2) is 30.3 Å². The van der Waals surface area contributed by atoms with Gasteiger partial charge >= 0.3 is 0 Å². The summed E-state index contributed by atoms with van der Waals surface area (Å²) in [5, 5.41) is 0.689. The lowest BCUT2D eigenvalue weighted by Gasteiger charge is -2.38. The minimum atomic E-state index is 0.0969. The monoisotopic (exact) mass is 277 g/mol. The zero-order valence-corrected chi connectivity index (χ0v) is 12.2. The number of hydrogen-bond acceptors (Lipinski definition) is 1. The van der Waals surface area contributed by atoms with Crippen LogP contribution in [0.5, 0.6) is 0 Å². The molecule has 0 spiro atoms. The molecule has 3 heteroatoms. The molecule has 0 unspecified atom stereocenters. The summed E-state index contributed by atoms with van der Waals surface area (Å²) in [5.41, 5.74) is 0.957. The second kappa shape index (κ2) is 6.25. The third-order valence-corrected chi connectivity index (χ3v) is 3.95. The van der Waals surface area contributed by atoms with Gasteiger partial charge in [0.2, 0.25) is 5.91 Å². The normalized spacial score (nSPS) is 23.8. The average molecular weight is 278 g/mol. The molecular weight excluding hydrogens is 258 g/mol. The molecular formula is C16H20ClNO. The molecule has 0 saturated carbocycles. The van der Waals surface area contributed by atoms with Crippen molar-refractivity contribution in [2.75, 3.05) is 0 Å². The summed E-state index contributed by atoms with van der Waals surface area (Å²) in [6.07, 6.45) is 6.90. The Labute approximate surface area is 120 Å². The number of nitrogens with zero attached hydrogens (tertiary/aromatic N) is 1. The number of carbonyl (C=O) groups excluding carboxylic acids is 1. The second-order valence-corrected chi connectivity index (χ2v) is 5.70. The van der Waals surface area contributed by atoms with E-state index in [2.05, 4.69) is 13.8 Å². The van der Waals surface area contributed by atoms with Crippen molar-refractivity contribution < 1.29 is 4.79 Å². The summed E-state index contributed by atoms with van der Waals surface area (Å²) in [4.78, 5) is 14.3. The maximum atomic E-state index is 12.3. The molecule has 1 aromatic carbocycles. The lowest BCUT2D eigenvalue weighted by molar-refractivity contribution is -0.131. The molecule has 0 aromatic heterocycles. The number of halogens is 1. The van der Waals surface area contributed by atoms with E-state index in [9.17, 15) is 4.79 Å². The van der Waals surface area contributed by atoms with Gasteiger partial charge in [-0.05, 0) is 56.9 Å². The number of carbonyl (C=O) groups is 1. The van der Waals surface area contributed by atoms with Gasteiger partial charge in [0.05, 0.1) is 0 Å². The Morgan fingerprint density at radius 3 is 2.63 bits per heavy atom. The Hall–Kier alpha value is -1.28. The number of rotatable bonds is 2. The maximum absolute atomic E-state index is 12.3. The molecule has 102 valence electrons. The summed E-state index contributed by atoms with van der Waals surface area (Å²) in [6.45, 7) is 4.25. The molecule has 0 aliphatic carbocycles. The molecule has 19 heavy (non-hydrogen) atoms. The Morgan fingerprint density at radius 2 is 2.00 bits per heavy atom. The smallest absolute Gasteiger partial charge is 0.247 e. The molecule has 1 fully saturated rings. The predicted octanol–water partition coefficient (Wildman–Crippen LogP) is 4.14. The molecule has 1 amide bonds. The zero-order valence-electron chi connectivity index (χ0n) is 11.5. The highest BCUT2D eigenvalue weighted by molar-refractivity contribution is 6.30. The number of hydrogen-bond donors (Lipinski definition) is 0. The standard InChI is InChI=1S/C16H20ClNO/c1-12-5-3-6-13(2)18(12)16(19)10-9-14-7-4-8-15(17)11-14/h4,7-13H,3,5-6H2,1-2H3/b10-9+/t12-,13-/m1/s1. The largest absolute Gasteiger partial charge is 0.334 e. The quantitative estimate of drug-likeness (QED) is 0.744. The summed E-state index contributed by atoms with van der Waals surface area (Å²) in [7, 11) is 0. The van der Waals surface area contributed by atoms with Gasteiger partial charge in [0, 0.05) is 23.2 Å². The fraction of sp³-hybridized carbons (Fsp3) is 0.438. The van der Waals surface area contributed by atoms with E-state index in [-0.39, 0.29) is 5.91 Å². The van der Waals surface area contributed by atoms with E-state index < -0.39 is 0 Å². The van der Waals surface area contributed by atoms with Crippen molar-refractivity contribution in [2.24, 2.45) is 0 Å². The van der Waals surface area contributed by atoms with Crippen LogP contribution in [0.25, 0.3) is 6.08 Å². The molecule has 2 rings (SSSR count). The van der Waals surface area contributed by atoms with Crippen LogP contribution in [0, 0.1) is 0 Å². The molecule has 0 N–H and O–H groups in total. The Balaban J connectivity index is 2.07. The van der Waals surface area contributed by atoms with Crippen molar-refractivity contribution in [3.63, 3.8) is 0 Å². The Kier molecular flexibility index (Phi) is 4.65. The van der Waals surface area contributed by atoms with Gasteiger partial charge in [-0.25, -0.2) is 0 Å². The van der Waals surface area contributed by atoms with E-state index in [1.807, 2.05) is 35.2 Å². The summed E-state index contributed by atoms with van der Waals surface area (Å²) < 4.78 is 0. The first-order chi connectivity index (χ1) is 9.08. The van der Waals surface area contributed by atoms with Crippen molar-refractivity contribution >= 4 is 23.6 Å². The summed E-state index contributed by atoms with van der Waals surface area (Å²) in [5.74, 6) is 0.0969. The molecule has 2 nitrogen and oxygen atoms in total. The molecule has 1 heterocycles. The molecule has 1 saturated heterocycles. The molecule has 1 aromatic rings. The molecule has 0 radical (unpaired) electrons. The van der Waals surface area contributed by atoms with Crippen LogP contribution in [-0.4, -0.2) is 22.9 Å². The highest BCUT2D eigenvalue weighted by Gasteiger charge is 2.27. The fourth-order valence-corrected chi connectivity index (χ4v) is 2.92. The first-order valence-corrected chi connectivity index (χ1v) is 7.21. The van der Waals surface area contributed by atoms with Crippen molar-refractivity contribution in [1.82, 2.24) is 4.90 Å². The van der Waals surface area contributed by atoms with E-state index in [4.69, 9.17) is 11.6 Å². The molecule has 1 aliphatic heterocycles. The third kappa shape index (κ3) is 3.60. The maximum Gasteiger partial charge on any atom is 0.247 e. The van der Waals surface area contributed by atoms with Gasteiger partial charge in [0.25, 0.3) is 0 Å². The van der Waals surface area contributed by atoms with Gasteiger partial charge < -0.3 is 4.90 Å². The van der Waals surface area contributed by atoms with E-state index >= 15 is 0 Å². The van der Waals surface area contributed by atoms with Crippen LogP contribution in [-0.2, 0) is 4.79 Å². The van der Waals surface area contributed by atoms with Crippen molar-refractivity contribution in [3.8, 4) is 0 Å². The zero-order chi connectivity index (χ0) is 13.8. The van der Waals surface area contributed by atoms with Gasteiger partial charge in [0.15, 0.2) is 0 Å². The number of amides is 1. The van der Waals surface area contributed by atoms with Gasteiger partial charge in [-0.2, -0.15) is 0 Å². The van der Waals surface area contributed by atoms with Crippen LogP contribution in [0.2, 0.25) is 5.02 Å². The van der Waals surface area contributed by atoms with Gasteiger partial charge in [-0.3, -0.25) is 4.79 Å². The highest BCUT2D eigenvalue weighted by Crippen LogP contribution is 2.23. The molecule has 0 bridgehead atoms. The lowest BCUT2D eigenvalue weighted by Crippen LogP contribution is -2.46. The summed E-state index contributed by atoms with van der Waals surface area (Å²) >= 11 is 5.93. The van der Waals surface area contributed by atoms with Crippen LogP contribution < -0.4 is 0 Å². The minimum Gasteiger partial charge on any atom is -0.334 e. The number of benzene rings is 1. The minimum absolute atomic E-state index is 0.0969. The van der Waals surface area contributed by atoms with Gasteiger partial charge in [-0.15, -0.1) is 0 Å². The van der Waals surface area contributed by atoms with E-state index in [1.165, 1.54) is 6.42 Å². The third-order valence-electron chi connectivity index (χ3n) is 3.72. The number of piperidine rings is 1. The van der Waals surface area contributed by atoms with Crippen LogP contribution in [0.3, 0.4) is 0 Å². The Morgan fingerprint density at radius 1 is 1.32 bits per heavy atom. The second-order valence-electron chi connectivity index (χ2n) is 5.26. The van der Waals surface area contributed by atoms with Crippen LogP contribution in [0.4, 0.5) is 0 Å². The number of likely N-dealkylation sites (tertiary alicyclic amines) is 1. The molecule has 1 aliphatic rings. The van der Waals surface area contributed by atoms with Crippen LogP contribution in [0.1, 0.15) is 38.7 Å². The predicted molar refractivity (Wildman–Crippen MR) is 80.1 cm³/mol. The first kappa shape index (κ1) is 14.1. The SMILES string of the molecule is C[C@@H]1CCC[C@@H](C)N1C(=O)/C=C/c1cccc(Cl)c1. The first-order valence-electron chi connectivity index (χ1n) is 6.84. The van der Waals surface area contributed by atoms with Crippen molar-refractivity contribution in [2.45, 2.75) is 45.2 Å².